The largest absolute Gasteiger partial charge is 0.481 e. The standard InChI is InChI=1S/C12H16FNO4S/c1-9(12(15)16)6-7-14-19(17,18)8-10-2-4-11(13)5-3-10/h2-5,9,14H,6-8H2,1H3,(H,15,16). The lowest BCUT2D eigenvalue weighted by Crippen LogP contribution is -2.28. The maximum Gasteiger partial charge on any atom is 0.306 e. The van der Waals surface area contributed by atoms with E-state index in [-0.39, 0.29) is 18.7 Å². The van der Waals surface area contributed by atoms with Crippen LogP contribution in [0.25, 0.3) is 0 Å². The van der Waals surface area contributed by atoms with Crippen LogP contribution in [0.2, 0.25) is 0 Å². The molecule has 106 valence electrons. The van der Waals surface area contributed by atoms with Gasteiger partial charge in [0.15, 0.2) is 0 Å². The minimum atomic E-state index is -3.53. The van der Waals surface area contributed by atoms with Crippen molar-refractivity contribution in [3.05, 3.63) is 35.6 Å². The number of rotatable bonds is 7. The maximum atomic E-state index is 12.7. The Kier molecular flexibility index (Phi) is 5.44. The molecule has 19 heavy (non-hydrogen) atoms. The third-order valence-electron chi connectivity index (χ3n) is 2.59. The molecule has 0 saturated heterocycles. The third-order valence-corrected chi connectivity index (χ3v) is 3.95. The Hall–Kier alpha value is -1.47. The van der Waals surface area contributed by atoms with Crippen LogP contribution >= 0.6 is 0 Å². The minimum absolute atomic E-state index is 0.0665. The van der Waals surface area contributed by atoms with Crippen LogP contribution in [-0.2, 0) is 20.6 Å². The second-order valence-corrected chi connectivity index (χ2v) is 6.11. The first-order valence-corrected chi connectivity index (χ1v) is 7.40. The van der Waals surface area contributed by atoms with Crippen LogP contribution in [0.5, 0.6) is 0 Å². The highest BCUT2D eigenvalue weighted by Crippen LogP contribution is 2.07. The molecule has 0 aliphatic carbocycles. The maximum absolute atomic E-state index is 12.7. The SMILES string of the molecule is CC(CCNS(=O)(=O)Cc1ccc(F)cc1)C(=O)O. The molecular formula is C12H16FNO4S. The monoisotopic (exact) mass is 289 g/mol. The number of halogens is 1. The summed E-state index contributed by atoms with van der Waals surface area (Å²) in [6.07, 6.45) is 0.220. The Labute approximate surface area is 111 Å². The lowest BCUT2D eigenvalue weighted by atomic mass is 10.1. The lowest BCUT2D eigenvalue weighted by molar-refractivity contribution is -0.141. The normalized spacial score (nSPS) is 13.2. The van der Waals surface area contributed by atoms with E-state index in [0.717, 1.165) is 0 Å². The van der Waals surface area contributed by atoms with Crippen molar-refractivity contribution in [3.63, 3.8) is 0 Å². The van der Waals surface area contributed by atoms with Gasteiger partial charge in [-0.3, -0.25) is 4.79 Å². The van der Waals surface area contributed by atoms with E-state index in [1.54, 1.807) is 0 Å². The summed E-state index contributed by atoms with van der Waals surface area (Å²) in [6, 6.07) is 5.18. The van der Waals surface area contributed by atoms with E-state index in [1.807, 2.05) is 0 Å². The Morgan fingerprint density at radius 2 is 1.95 bits per heavy atom. The topological polar surface area (TPSA) is 83.5 Å². The molecule has 1 aromatic rings. The van der Waals surface area contributed by atoms with Gasteiger partial charge in [0.2, 0.25) is 10.0 Å². The van der Waals surface area contributed by atoms with E-state index in [0.29, 0.717) is 5.56 Å². The summed E-state index contributed by atoms with van der Waals surface area (Å²) in [4.78, 5) is 10.6. The fourth-order valence-electron chi connectivity index (χ4n) is 1.41. The zero-order valence-corrected chi connectivity index (χ0v) is 11.3. The number of aliphatic carboxylic acids is 1. The molecule has 1 atom stereocenters. The van der Waals surface area contributed by atoms with Crippen molar-refractivity contribution in [2.75, 3.05) is 6.54 Å². The van der Waals surface area contributed by atoms with Gasteiger partial charge in [-0.05, 0) is 24.1 Å². The summed E-state index contributed by atoms with van der Waals surface area (Å²) >= 11 is 0. The van der Waals surface area contributed by atoms with Gasteiger partial charge >= 0.3 is 5.97 Å². The molecule has 0 saturated carbocycles. The van der Waals surface area contributed by atoms with Gasteiger partial charge < -0.3 is 5.11 Å². The van der Waals surface area contributed by atoms with Crippen molar-refractivity contribution in [3.8, 4) is 0 Å². The van der Waals surface area contributed by atoms with Gasteiger partial charge in [0.1, 0.15) is 5.82 Å². The van der Waals surface area contributed by atoms with Gasteiger partial charge in [-0.25, -0.2) is 17.5 Å². The molecule has 0 bridgehead atoms. The van der Waals surface area contributed by atoms with E-state index in [1.165, 1.54) is 31.2 Å². The zero-order chi connectivity index (χ0) is 14.5. The molecule has 1 rings (SSSR count). The minimum Gasteiger partial charge on any atom is -0.481 e. The highest BCUT2D eigenvalue weighted by atomic mass is 32.2. The van der Waals surface area contributed by atoms with Crippen LogP contribution in [0.15, 0.2) is 24.3 Å². The highest BCUT2D eigenvalue weighted by Gasteiger charge is 2.14. The van der Waals surface area contributed by atoms with Crippen LogP contribution in [-0.4, -0.2) is 26.0 Å². The van der Waals surface area contributed by atoms with E-state index in [4.69, 9.17) is 5.11 Å². The van der Waals surface area contributed by atoms with E-state index in [2.05, 4.69) is 4.72 Å². The van der Waals surface area contributed by atoms with Gasteiger partial charge in [-0.2, -0.15) is 0 Å². The van der Waals surface area contributed by atoms with Crippen LogP contribution in [0.4, 0.5) is 4.39 Å². The first-order valence-electron chi connectivity index (χ1n) is 5.75. The number of nitrogens with one attached hydrogen (secondary N) is 1. The summed E-state index contributed by atoms with van der Waals surface area (Å²) in [7, 11) is -3.53. The molecule has 0 radical (unpaired) electrons. The van der Waals surface area contributed by atoms with Crippen LogP contribution in [0, 0.1) is 11.7 Å². The second-order valence-electron chi connectivity index (χ2n) is 4.31. The Morgan fingerprint density at radius 1 is 1.37 bits per heavy atom. The first-order chi connectivity index (χ1) is 8.80. The van der Waals surface area contributed by atoms with Crippen LogP contribution in [0.3, 0.4) is 0 Å². The van der Waals surface area contributed by atoms with Crippen molar-refractivity contribution in [2.24, 2.45) is 5.92 Å². The third kappa shape index (κ3) is 5.80. The van der Waals surface area contributed by atoms with E-state index >= 15 is 0 Å². The predicted molar refractivity (Wildman–Crippen MR) is 68.4 cm³/mol. The number of carboxylic acids is 1. The Morgan fingerprint density at radius 3 is 2.47 bits per heavy atom. The van der Waals surface area contributed by atoms with E-state index < -0.39 is 27.7 Å². The van der Waals surface area contributed by atoms with Crippen molar-refractivity contribution < 1.29 is 22.7 Å². The van der Waals surface area contributed by atoms with Crippen molar-refractivity contribution in [2.45, 2.75) is 19.1 Å². The molecular weight excluding hydrogens is 273 g/mol. The summed E-state index contributed by atoms with van der Waals surface area (Å²) < 4.78 is 38.4. The summed E-state index contributed by atoms with van der Waals surface area (Å²) in [5, 5.41) is 8.66. The number of benzene rings is 1. The molecule has 1 unspecified atom stereocenters. The quantitative estimate of drug-likeness (QED) is 0.794. The molecule has 1 aromatic carbocycles. The molecule has 7 heteroatoms. The predicted octanol–water partition coefficient (Wildman–Crippen LogP) is 1.36. The first kappa shape index (κ1) is 15.6. The van der Waals surface area contributed by atoms with Gasteiger partial charge in [0.05, 0.1) is 11.7 Å². The van der Waals surface area contributed by atoms with E-state index in [9.17, 15) is 17.6 Å². The molecule has 0 aromatic heterocycles. The number of carboxylic acid groups (broad SMARTS) is 1. The summed E-state index contributed by atoms with van der Waals surface area (Å²) in [5.41, 5.74) is 0.472. The summed E-state index contributed by atoms with van der Waals surface area (Å²) in [5.74, 6) is -2.25. The van der Waals surface area contributed by atoms with Crippen molar-refractivity contribution >= 4 is 16.0 Å². The Bertz CT molecular complexity index is 527. The molecule has 0 fully saturated rings. The van der Waals surface area contributed by atoms with Gasteiger partial charge in [-0.15, -0.1) is 0 Å². The zero-order valence-electron chi connectivity index (χ0n) is 10.5. The summed E-state index contributed by atoms with van der Waals surface area (Å²) in [6.45, 7) is 1.58. The lowest BCUT2D eigenvalue weighted by Gasteiger charge is -2.08. The number of sulfonamides is 1. The van der Waals surface area contributed by atoms with Gasteiger partial charge in [-0.1, -0.05) is 19.1 Å². The highest BCUT2D eigenvalue weighted by molar-refractivity contribution is 7.88. The van der Waals surface area contributed by atoms with Crippen molar-refractivity contribution in [1.29, 1.82) is 0 Å². The smallest absolute Gasteiger partial charge is 0.306 e. The molecule has 0 aliphatic rings. The molecule has 5 nitrogen and oxygen atoms in total. The fourth-order valence-corrected chi connectivity index (χ4v) is 2.57. The average molecular weight is 289 g/mol. The number of carbonyl (C=O) groups is 1. The van der Waals surface area contributed by atoms with Crippen LogP contribution < -0.4 is 4.72 Å². The molecule has 0 heterocycles. The van der Waals surface area contributed by atoms with Crippen LogP contribution in [0.1, 0.15) is 18.9 Å². The average Bonchev–Trinajstić information content (AvgIpc) is 2.31. The number of hydrogen-bond donors (Lipinski definition) is 2. The Balaban J connectivity index is 2.48. The molecule has 0 spiro atoms. The van der Waals surface area contributed by atoms with Crippen molar-refractivity contribution in [1.82, 2.24) is 4.72 Å². The molecule has 2 N–H and O–H groups in total. The number of hydrogen-bond acceptors (Lipinski definition) is 3. The van der Waals surface area contributed by atoms with Gasteiger partial charge in [0.25, 0.3) is 0 Å². The fraction of sp³-hybridized carbons (Fsp3) is 0.417. The second kappa shape index (κ2) is 6.63. The molecule has 0 amide bonds. The molecule has 0 aliphatic heterocycles. The van der Waals surface area contributed by atoms with Gasteiger partial charge in [0, 0.05) is 6.54 Å².